The molecule has 2 aromatic carbocycles. The lowest BCUT2D eigenvalue weighted by molar-refractivity contribution is -0.118. The molecular weight excluding hydrogens is 336 g/mol. The van der Waals surface area contributed by atoms with Crippen LogP contribution < -0.4 is 5.43 Å². The molecule has 5 nitrogen and oxygen atoms in total. The normalized spacial score (nSPS) is 10.6. The summed E-state index contributed by atoms with van der Waals surface area (Å²) < 4.78 is 4.63. The first kappa shape index (κ1) is 18.7. The Morgan fingerprint density at radius 2 is 1.88 bits per heavy atom. The molecule has 0 atom stereocenters. The Morgan fingerprint density at radius 3 is 2.56 bits per heavy atom. The topological polar surface area (TPSA) is 67.8 Å². The first-order valence-corrected chi connectivity index (χ1v) is 8.88. The smallest absolute Gasteiger partial charge is 0.337 e. The number of hydrazone groups is 1. The number of rotatable bonds is 7. The van der Waals surface area contributed by atoms with Crippen molar-refractivity contribution < 1.29 is 14.3 Å². The largest absolute Gasteiger partial charge is 0.465 e. The molecule has 0 spiro atoms. The summed E-state index contributed by atoms with van der Waals surface area (Å²) in [7, 11) is 1.34. The monoisotopic (exact) mass is 356 g/mol. The Balaban J connectivity index is 1.75. The number of nitrogens with zero attached hydrogens (tertiary/aromatic N) is 1. The van der Waals surface area contributed by atoms with Gasteiger partial charge in [-0.1, -0.05) is 36.4 Å². The number of amides is 1. The lowest BCUT2D eigenvalue weighted by atomic mass is 10.1. The standard InChI is InChI=1S/C19H20N2O3S/c1-14-5-3-4-6-17(14)12-25-13-18(22)21-20-11-15-7-9-16(10-8-15)19(23)24-2/h3-11H,12-13H2,1-2H3,(H,21,22)/b20-11-. The molecule has 2 rings (SSSR count). The number of benzene rings is 2. The molecule has 0 aliphatic heterocycles. The van der Waals surface area contributed by atoms with Crippen LogP contribution in [0.3, 0.4) is 0 Å². The van der Waals surface area contributed by atoms with Crippen molar-refractivity contribution in [2.24, 2.45) is 5.10 Å². The van der Waals surface area contributed by atoms with Crippen molar-refractivity contribution >= 4 is 29.9 Å². The lowest BCUT2D eigenvalue weighted by Gasteiger charge is -2.04. The molecule has 0 saturated heterocycles. The lowest BCUT2D eigenvalue weighted by Crippen LogP contribution is -2.19. The van der Waals surface area contributed by atoms with Gasteiger partial charge in [0.05, 0.1) is 24.6 Å². The van der Waals surface area contributed by atoms with Crippen molar-refractivity contribution in [1.29, 1.82) is 0 Å². The minimum atomic E-state index is -0.387. The fourth-order valence-electron chi connectivity index (χ4n) is 2.06. The van der Waals surface area contributed by atoms with Crippen molar-refractivity contribution in [3.05, 3.63) is 70.8 Å². The third-order valence-electron chi connectivity index (χ3n) is 3.49. The van der Waals surface area contributed by atoms with Gasteiger partial charge in [0.15, 0.2) is 0 Å². The van der Waals surface area contributed by atoms with Gasteiger partial charge < -0.3 is 4.74 Å². The maximum Gasteiger partial charge on any atom is 0.337 e. The Bertz CT molecular complexity index is 758. The molecule has 25 heavy (non-hydrogen) atoms. The van der Waals surface area contributed by atoms with Gasteiger partial charge in [-0.15, -0.1) is 11.8 Å². The van der Waals surface area contributed by atoms with E-state index in [1.54, 1.807) is 36.0 Å². The van der Waals surface area contributed by atoms with E-state index in [4.69, 9.17) is 0 Å². The van der Waals surface area contributed by atoms with Crippen LogP contribution in [-0.2, 0) is 15.3 Å². The Labute approximate surface area is 151 Å². The fourth-order valence-corrected chi connectivity index (χ4v) is 2.96. The summed E-state index contributed by atoms with van der Waals surface area (Å²) in [4.78, 5) is 23.1. The molecule has 1 N–H and O–H groups in total. The van der Waals surface area contributed by atoms with Crippen LogP contribution >= 0.6 is 11.8 Å². The number of ether oxygens (including phenoxy) is 1. The van der Waals surface area contributed by atoms with Crippen LogP contribution in [0, 0.1) is 6.92 Å². The van der Waals surface area contributed by atoms with E-state index >= 15 is 0 Å². The van der Waals surface area contributed by atoms with Gasteiger partial charge in [-0.2, -0.15) is 5.10 Å². The van der Waals surface area contributed by atoms with Gasteiger partial charge in [0.2, 0.25) is 5.91 Å². The molecule has 0 bridgehead atoms. The maximum atomic E-state index is 11.8. The van der Waals surface area contributed by atoms with E-state index in [9.17, 15) is 9.59 Å². The minimum Gasteiger partial charge on any atom is -0.465 e. The number of aryl methyl sites for hydroxylation is 1. The number of hydrogen-bond donors (Lipinski definition) is 1. The van der Waals surface area contributed by atoms with Crippen molar-refractivity contribution in [1.82, 2.24) is 5.43 Å². The highest BCUT2D eigenvalue weighted by Gasteiger charge is 2.04. The molecule has 130 valence electrons. The summed E-state index contributed by atoms with van der Waals surface area (Å²) in [6, 6.07) is 14.9. The number of thioether (sulfide) groups is 1. The summed E-state index contributed by atoms with van der Waals surface area (Å²) in [6.45, 7) is 2.06. The zero-order valence-corrected chi connectivity index (χ0v) is 15.0. The predicted molar refractivity (Wildman–Crippen MR) is 101 cm³/mol. The molecule has 0 aromatic heterocycles. The van der Waals surface area contributed by atoms with E-state index in [1.807, 2.05) is 12.1 Å². The number of carbonyl (C=O) groups excluding carboxylic acids is 2. The summed E-state index contributed by atoms with van der Waals surface area (Å²) in [5, 5.41) is 3.93. The first-order chi connectivity index (χ1) is 12.1. The number of esters is 1. The van der Waals surface area contributed by atoms with Gasteiger partial charge in [-0.3, -0.25) is 4.79 Å². The molecule has 2 aromatic rings. The Hall–Kier alpha value is -2.60. The first-order valence-electron chi connectivity index (χ1n) is 7.72. The molecule has 0 saturated carbocycles. The van der Waals surface area contributed by atoms with Crippen LogP contribution in [0.2, 0.25) is 0 Å². The zero-order valence-electron chi connectivity index (χ0n) is 14.2. The minimum absolute atomic E-state index is 0.152. The molecule has 0 heterocycles. The van der Waals surface area contributed by atoms with Gasteiger partial charge in [-0.05, 0) is 35.7 Å². The van der Waals surface area contributed by atoms with Crippen LogP contribution in [-0.4, -0.2) is 31.0 Å². The van der Waals surface area contributed by atoms with E-state index in [2.05, 4.69) is 34.3 Å². The molecule has 0 aliphatic carbocycles. The second-order valence-corrected chi connectivity index (χ2v) is 6.31. The highest BCUT2D eigenvalue weighted by Crippen LogP contribution is 2.15. The van der Waals surface area contributed by atoms with Gasteiger partial charge in [0.1, 0.15) is 0 Å². The second kappa shape index (κ2) is 9.64. The fraction of sp³-hybridized carbons (Fsp3) is 0.211. The van der Waals surface area contributed by atoms with Crippen LogP contribution in [0.25, 0.3) is 0 Å². The van der Waals surface area contributed by atoms with Crippen LogP contribution in [0.1, 0.15) is 27.0 Å². The van der Waals surface area contributed by atoms with E-state index in [0.717, 1.165) is 11.3 Å². The average molecular weight is 356 g/mol. The van der Waals surface area contributed by atoms with Gasteiger partial charge in [-0.25, -0.2) is 10.2 Å². The highest BCUT2D eigenvalue weighted by molar-refractivity contribution is 7.99. The van der Waals surface area contributed by atoms with E-state index in [-0.39, 0.29) is 11.9 Å². The molecule has 0 fully saturated rings. The molecule has 0 unspecified atom stereocenters. The van der Waals surface area contributed by atoms with Crippen LogP contribution in [0.15, 0.2) is 53.6 Å². The third-order valence-corrected chi connectivity index (χ3v) is 4.47. The van der Waals surface area contributed by atoms with Crippen molar-refractivity contribution in [2.45, 2.75) is 12.7 Å². The van der Waals surface area contributed by atoms with E-state index in [0.29, 0.717) is 11.3 Å². The second-order valence-electron chi connectivity index (χ2n) is 5.33. The number of hydrogen-bond acceptors (Lipinski definition) is 5. The maximum absolute atomic E-state index is 11.8. The van der Waals surface area contributed by atoms with Gasteiger partial charge in [0, 0.05) is 5.75 Å². The Kier molecular flexibility index (Phi) is 7.22. The number of nitrogens with one attached hydrogen (secondary N) is 1. The number of carbonyl (C=O) groups is 2. The van der Waals surface area contributed by atoms with Crippen LogP contribution in [0.4, 0.5) is 0 Å². The summed E-state index contributed by atoms with van der Waals surface area (Å²) in [6.07, 6.45) is 1.53. The summed E-state index contributed by atoms with van der Waals surface area (Å²) in [5.41, 5.74) is 6.20. The van der Waals surface area contributed by atoms with Gasteiger partial charge in [0.25, 0.3) is 0 Å². The van der Waals surface area contributed by atoms with Crippen molar-refractivity contribution in [3.63, 3.8) is 0 Å². The SMILES string of the molecule is COC(=O)c1ccc(/C=N\NC(=O)CSCc2ccccc2C)cc1. The van der Waals surface area contributed by atoms with Crippen molar-refractivity contribution in [2.75, 3.05) is 12.9 Å². The summed E-state index contributed by atoms with van der Waals surface area (Å²) >= 11 is 1.55. The summed E-state index contributed by atoms with van der Waals surface area (Å²) in [5.74, 6) is 0.592. The van der Waals surface area contributed by atoms with Gasteiger partial charge >= 0.3 is 5.97 Å². The highest BCUT2D eigenvalue weighted by atomic mass is 32.2. The van der Waals surface area contributed by atoms with E-state index < -0.39 is 0 Å². The molecule has 6 heteroatoms. The number of methoxy groups -OCH3 is 1. The molecule has 0 radical (unpaired) electrons. The molecule has 1 amide bonds. The molecule has 0 aliphatic rings. The zero-order chi connectivity index (χ0) is 18.1. The average Bonchev–Trinajstić information content (AvgIpc) is 2.63. The quantitative estimate of drug-likeness (QED) is 0.470. The Morgan fingerprint density at radius 1 is 1.16 bits per heavy atom. The predicted octanol–water partition coefficient (Wildman–Crippen LogP) is 3.17. The van der Waals surface area contributed by atoms with E-state index in [1.165, 1.54) is 24.5 Å². The van der Waals surface area contributed by atoms with Crippen molar-refractivity contribution in [3.8, 4) is 0 Å². The third kappa shape index (κ3) is 6.08. The van der Waals surface area contributed by atoms with Crippen LogP contribution in [0.5, 0.6) is 0 Å². The molecular formula is C19H20N2O3S.